The van der Waals surface area contributed by atoms with Crippen molar-refractivity contribution in [2.75, 3.05) is 23.7 Å². The van der Waals surface area contributed by atoms with Gasteiger partial charge in [-0.2, -0.15) is 5.10 Å². The van der Waals surface area contributed by atoms with E-state index in [9.17, 15) is 8.78 Å². The molecule has 0 saturated carbocycles. The van der Waals surface area contributed by atoms with E-state index < -0.39 is 11.6 Å². The van der Waals surface area contributed by atoms with Crippen molar-refractivity contribution in [1.29, 1.82) is 0 Å². The van der Waals surface area contributed by atoms with E-state index in [4.69, 9.17) is 10.7 Å². The van der Waals surface area contributed by atoms with Gasteiger partial charge in [0.05, 0.1) is 11.8 Å². The van der Waals surface area contributed by atoms with E-state index in [-0.39, 0.29) is 0 Å². The smallest absolute Gasteiger partial charge is 0.167 e. The highest BCUT2D eigenvalue weighted by molar-refractivity contribution is 5.86. The third kappa shape index (κ3) is 5.17. The van der Waals surface area contributed by atoms with Gasteiger partial charge in [-0.25, -0.2) is 18.3 Å². The molecule has 0 unspecified atom stereocenters. The van der Waals surface area contributed by atoms with Gasteiger partial charge in [0.1, 0.15) is 17.5 Å². The average molecular weight is 428 g/mol. The maximum Gasteiger partial charge on any atom is 0.167 e. The van der Waals surface area contributed by atoms with Crippen molar-refractivity contribution in [2.45, 2.75) is 26.7 Å². The molecule has 7 nitrogen and oxygen atoms in total. The first-order chi connectivity index (χ1) is 15.0. The van der Waals surface area contributed by atoms with Gasteiger partial charge in [-0.3, -0.25) is 4.68 Å². The molecule has 1 aliphatic rings. The second-order valence-electron chi connectivity index (χ2n) is 6.85. The van der Waals surface area contributed by atoms with Crippen molar-refractivity contribution in [3.63, 3.8) is 0 Å². The summed E-state index contributed by atoms with van der Waals surface area (Å²) in [6.07, 6.45) is 8.09. The van der Waals surface area contributed by atoms with Crippen LogP contribution in [0.1, 0.15) is 26.7 Å². The fourth-order valence-corrected chi connectivity index (χ4v) is 3.32. The summed E-state index contributed by atoms with van der Waals surface area (Å²) < 4.78 is 27.3. The molecule has 164 valence electrons. The number of aryl methyl sites for hydroxylation is 1. The Kier molecular flexibility index (Phi) is 7.17. The number of benzene rings is 1. The highest BCUT2D eigenvalue weighted by Crippen LogP contribution is 2.30. The van der Waals surface area contributed by atoms with Crippen molar-refractivity contribution in [3.8, 4) is 11.1 Å². The van der Waals surface area contributed by atoms with Crippen LogP contribution in [0.3, 0.4) is 0 Å². The zero-order valence-electron chi connectivity index (χ0n) is 18.0. The van der Waals surface area contributed by atoms with Crippen LogP contribution in [0.4, 0.5) is 20.4 Å². The molecule has 0 amide bonds. The van der Waals surface area contributed by atoms with Crippen molar-refractivity contribution >= 4 is 17.3 Å². The van der Waals surface area contributed by atoms with Crippen LogP contribution < -0.4 is 10.6 Å². The van der Waals surface area contributed by atoms with Gasteiger partial charge >= 0.3 is 0 Å². The largest absolute Gasteiger partial charge is 0.382 e. The first-order valence-electron chi connectivity index (χ1n) is 10.3. The van der Waals surface area contributed by atoms with Crippen LogP contribution in [0.5, 0.6) is 0 Å². The molecule has 1 fully saturated rings. The van der Waals surface area contributed by atoms with E-state index in [0.717, 1.165) is 59.9 Å². The summed E-state index contributed by atoms with van der Waals surface area (Å²) in [5.41, 5.74) is 8.65. The van der Waals surface area contributed by atoms with Crippen LogP contribution in [0.2, 0.25) is 0 Å². The van der Waals surface area contributed by atoms with E-state index in [0.29, 0.717) is 5.82 Å². The summed E-state index contributed by atoms with van der Waals surface area (Å²) >= 11 is 0. The van der Waals surface area contributed by atoms with Crippen LogP contribution in [0, 0.1) is 11.6 Å². The maximum atomic E-state index is 11.9. The Bertz CT molecular complexity index is 1090. The van der Waals surface area contributed by atoms with Gasteiger partial charge in [0, 0.05) is 38.1 Å². The SMILES string of the molecule is CC.Cn1cc(-c2c(N)nn3ccc(N4CCCC4)nc23)cn1.Fc1ccc(F)cc1. The molecule has 4 heterocycles. The van der Waals surface area contributed by atoms with Crippen molar-refractivity contribution in [1.82, 2.24) is 24.4 Å². The van der Waals surface area contributed by atoms with Gasteiger partial charge in [-0.05, 0) is 43.2 Å². The lowest BCUT2D eigenvalue weighted by atomic mass is 10.2. The Balaban J connectivity index is 0.000000230. The van der Waals surface area contributed by atoms with Crippen LogP contribution in [-0.2, 0) is 7.05 Å². The van der Waals surface area contributed by atoms with E-state index in [1.807, 2.05) is 39.4 Å². The minimum atomic E-state index is -0.411. The number of nitrogens with two attached hydrogens (primary N) is 1. The molecule has 31 heavy (non-hydrogen) atoms. The van der Waals surface area contributed by atoms with Crippen molar-refractivity contribution in [2.24, 2.45) is 7.05 Å². The number of anilines is 2. The molecule has 1 saturated heterocycles. The number of hydrogen-bond donors (Lipinski definition) is 1. The quantitative estimate of drug-likeness (QED) is 0.516. The standard InChI is InChI=1S/C14H17N7.C6H4F2.C2H6/c1-19-9-10(8-16-19)12-13(15)18-21-7-4-11(17-14(12)21)20-5-2-3-6-20;7-5-1-2-6(8)4-3-5;1-2/h4,7-9H,2-3,5-6H2,1H3,(H2,15,18);1-4H;1-2H3. The highest BCUT2D eigenvalue weighted by atomic mass is 19.1. The van der Waals surface area contributed by atoms with Crippen molar-refractivity contribution < 1.29 is 8.78 Å². The fraction of sp³-hybridized carbons (Fsp3) is 0.318. The molecular weight excluding hydrogens is 400 g/mol. The lowest BCUT2D eigenvalue weighted by molar-refractivity contribution is 0.600. The molecule has 4 aromatic rings. The topological polar surface area (TPSA) is 77.3 Å². The van der Waals surface area contributed by atoms with Gasteiger partial charge in [-0.15, -0.1) is 5.10 Å². The number of nitrogen functional groups attached to an aromatic ring is 1. The van der Waals surface area contributed by atoms with Crippen LogP contribution in [-0.4, -0.2) is 37.5 Å². The third-order valence-electron chi connectivity index (χ3n) is 4.72. The predicted molar refractivity (Wildman–Crippen MR) is 119 cm³/mol. The summed E-state index contributed by atoms with van der Waals surface area (Å²) in [6, 6.07) is 6.31. The van der Waals surface area contributed by atoms with E-state index in [1.54, 1.807) is 15.4 Å². The van der Waals surface area contributed by atoms with Gasteiger partial charge < -0.3 is 10.6 Å². The summed E-state index contributed by atoms with van der Waals surface area (Å²) in [6.45, 7) is 6.13. The van der Waals surface area contributed by atoms with Gasteiger partial charge in [0.25, 0.3) is 0 Å². The first-order valence-corrected chi connectivity index (χ1v) is 10.3. The second-order valence-corrected chi connectivity index (χ2v) is 6.85. The number of fused-ring (bicyclic) bond motifs is 1. The summed E-state index contributed by atoms with van der Waals surface area (Å²) in [5.74, 6) is 0.650. The number of halogens is 2. The van der Waals surface area contributed by atoms with Crippen LogP contribution in [0.15, 0.2) is 48.9 Å². The molecule has 0 aliphatic carbocycles. The lowest BCUT2D eigenvalue weighted by Crippen LogP contribution is -2.19. The third-order valence-corrected chi connectivity index (χ3v) is 4.72. The van der Waals surface area contributed by atoms with Gasteiger partial charge in [0.2, 0.25) is 0 Å². The van der Waals surface area contributed by atoms with E-state index >= 15 is 0 Å². The first kappa shape index (κ1) is 22.2. The highest BCUT2D eigenvalue weighted by Gasteiger charge is 2.18. The Morgan fingerprint density at radius 2 is 1.58 bits per heavy atom. The number of nitrogens with zero attached hydrogens (tertiary/aromatic N) is 6. The molecule has 0 atom stereocenters. The van der Waals surface area contributed by atoms with E-state index in [2.05, 4.69) is 15.1 Å². The van der Waals surface area contributed by atoms with Crippen molar-refractivity contribution in [3.05, 3.63) is 60.6 Å². The zero-order valence-corrected chi connectivity index (χ0v) is 18.0. The van der Waals surface area contributed by atoms with Gasteiger partial charge in [0.15, 0.2) is 11.5 Å². The minimum absolute atomic E-state index is 0.411. The summed E-state index contributed by atoms with van der Waals surface area (Å²) in [5, 5.41) is 8.55. The Morgan fingerprint density at radius 1 is 0.968 bits per heavy atom. The molecule has 0 spiro atoms. The molecule has 2 N–H and O–H groups in total. The molecule has 1 aliphatic heterocycles. The predicted octanol–water partition coefficient (Wildman–Crippen LogP) is 4.30. The lowest BCUT2D eigenvalue weighted by Gasteiger charge is -2.15. The average Bonchev–Trinajstić information content (AvgIpc) is 3.51. The second kappa shape index (κ2) is 10.0. The minimum Gasteiger partial charge on any atom is -0.382 e. The Labute approximate surface area is 180 Å². The molecule has 1 aromatic carbocycles. The van der Waals surface area contributed by atoms with Crippen LogP contribution >= 0.6 is 0 Å². The zero-order chi connectivity index (χ0) is 22.4. The molecule has 5 rings (SSSR count). The fourth-order valence-electron chi connectivity index (χ4n) is 3.32. The Hall–Kier alpha value is -3.49. The van der Waals surface area contributed by atoms with E-state index in [1.165, 1.54) is 12.8 Å². The molecule has 0 radical (unpaired) electrons. The Morgan fingerprint density at radius 3 is 2.13 bits per heavy atom. The summed E-state index contributed by atoms with van der Waals surface area (Å²) in [4.78, 5) is 7.07. The maximum absolute atomic E-state index is 11.9. The monoisotopic (exact) mass is 427 g/mol. The molecule has 9 heteroatoms. The van der Waals surface area contributed by atoms with Crippen LogP contribution in [0.25, 0.3) is 16.8 Å². The molecule has 3 aromatic heterocycles. The number of hydrogen-bond acceptors (Lipinski definition) is 5. The van der Waals surface area contributed by atoms with Gasteiger partial charge in [-0.1, -0.05) is 13.8 Å². The normalized spacial score (nSPS) is 12.9. The number of aromatic nitrogens is 5. The molecular formula is C22H27F2N7. The number of rotatable bonds is 2. The summed E-state index contributed by atoms with van der Waals surface area (Å²) in [7, 11) is 1.88. The molecule has 0 bridgehead atoms.